The lowest BCUT2D eigenvalue weighted by Crippen LogP contribution is -2.22. The Kier molecular flexibility index (Phi) is 4.48. The number of hydrogen-bond acceptors (Lipinski definition) is 6. The van der Waals surface area contributed by atoms with Gasteiger partial charge >= 0.3 is 5.69 Å². The van der Waals surface area contributed by atoms with Crippen LogP contribution in [0.4, 0.5) is 5.69 Å². The summed E-state index contributed by atoms with van der Waals surface area (Å²) < 4.78 is 30.9. The molecule has 2 aromatic carbocycles. The van der Waals surface area contributed by atoms with Gasteiger partial charge in [-0.05, 0) is 55.7 Å². The molecule has 0 spiro atoms. The molecule has 1 saturated carbocycles. The summed E-state index contributed by atoms with van der Waals surface area (Å²) in [5.74, 6) is -1.09. The quantitative estimate of drug-likeness (QED) is 0.427. The number of nitrogens with one attached hydrogen (secondary N) is 1. The highest BCUT2D eigenvalue weighted by Gasteiger charge is 2.32. The van der Waals surface area contributed by atoms with Gasteiger partial charge < -0.3 is 10.2 Å². The van der Waals surface area contributed by atoms with Crippen molar-refractivity contribution in [1.82, 2.24) is 14.1 Å². The van der Waals surface area contributed by atoms with E-state index in [4.69, 9.17) is 0 Å². The highest BCUT2D eigenvalue weighted by Crippen LogP contribution is 2.40. The van der Waals surface area contributed by atoms with Gasteiger partial charge in [0.15, 0.2) is 0 Å². The average Bonchev–Trinajstić information content (AvgIpc) is 3.55. The lowest BCUT2D eigenvalue weighted by atomic mass is 10.2. The third-order valence-electron chi connectivity index (χ3n) is 5.41. The van der Waals surface area contributed by atoms with Crippen molar-refractivity contribution >= 4 is 26.6 Å². The maximum Gasteiger partial charge on any atom is 0.338 e. The molecule has 2 aromatic heterocycles. The lowest BCUT2D eigenvalue weighted by Gasteiger charge is -2.12. The third-order valence-corrected chi connectivity index (χ3v) is 6.82. The number of para-hydroxylation sites is 1. The van der Waals surface area contributed by atoms with Crippen LogP contribution in [0.25, 0.3) is 16.6 Å². The fourth-order valence-electron chi connectivity index (χ4n) is 3.77. The number of aromatic hydroxyl groups is 2. The van der Waals surface area contributed by atoms with Gasteiger partial charge in [-0.2, -0.15) is 0 Å². The molecule has 0 radical (unpaired) electrons. The van der Waals surface area contributed by atoms with Gasteiger partial charge in [-0.1, -0.05) is 18.2 Å². The number of pyridine rings is 1. The van der Waals surface area contributed by atoms with Crippen molar-refractivity contribution in [1.29, 1.82) is 0 Å². The normalized spacial score (nSPS) is 14.0. The predicted molar refractivity (Wildman–Crippen MR) is 119 cm³/mol. The summed E-state index contributed by atoms with van der Waals surface area (Å²) in [6, 6.07) is 12.7. The second-order valence-corrected chi connectivity index (χ2v) is 9.51. The summed E-state index contributed by atoms with van der Waals surface area (Å²) in [5, 5.41) is 21.2. The molecule has 0 unspecified atom stereocenters. The van der Waals surface area contributed by atoms with E-state index in [0.717, 1.165) is 27.5 Å². The van der Waals surface area contributed by atoms with E-state index in [9.17, 15) is 23.4 Å². The summed E-state index contributed by atoms with van der Waals surface area (Å²) in [6.07, 6.45) is 3.10. The molecule has 0 amide bonds. The maximum absolute atomic E-state index is 13.1. The summed E-state index contributed by atoms with van der Waals surface area (Å²) in [4.78, 5) is 17.1. The van der Waals surface area contributed by atoms with E-state index < -0.39 is 27.5 Å². The molecule has 9 nitrogen and oxygen atoms in total. The smallest absolute Gasteiger partial charge is 0.338 e. The maximum atomic E-state index is 13.1. The lowest BCUT2D eigenvalue weighted by molar-refractivity contribution is 0.363. The molecule has 0 bridgehead atoms. The van der Waals surface area contributed by atoms with Gasteiger partial charge in [-0.15, -0.1) is 0 Å². The summed E-state index contributed by atoms with van der Waals surface area (Å²) >= 11 is 0. The van der Waals surface area contributed by atoms with Gasteiger partial charge in [0.2, 0.25) is 0 Å². The highest BCUT2D eigenvalue weighted by molar-refractivity contribution is 7.93. The van der Waals surface area contributed by atoms with E-state index in [1.54, 1.807) is 24.4 Å². The van der Waals surface area contributed by atoms with Crippen LogP contribution >= 0.6 is 0 Å². The Hall–Kier alpha value is -3.79. The largest absolute Gasteiger partial charge is 0.491 e. The molecule has 0 saturated heterocycles. The van der Waals surface area contributed by atoms with Crippen molar-refractivity contribution in [2.75, 3.05) is 4.72 Å². The second-order valence-electron chi connectivity index (χ2n) is 7.86. The van der Waals surface area contributed by atoms with E-state index in [0.29, 0.717) is 10.9 Å². The van der Waals surface area contributed by atoms with Gasteiger partial charge in [0.25, 0.3) is 21.8 Å². The Morgan fingerprint density at radius 1 is 1.06 bits per heavy atom. The van der Waals surface area contributed by atoms with Crippen LogP contribution < -0.4 is 10.4 Å². The van der Waals surface area contributed by atoms with Crippen LogP contribution in [-0.4, -0.2) is 32.7 Å². The first-order valence-electron chi connectivity index (χ1n) is 10.00. The molecule has 5 rings (SSSR count). The second kappa shape index (κ2) is 7.13. The van der Waals surface area contributed by atoms with E-state index in [1.165, 1.54) is 24.3 Å². The molecule has 164 valence electrons. The van der Waals surface area contributed by atoms with E-state index in [-0.39, 0.29) is 22.3 Å². The molecule has 1 fully saturated rings. The third kappa shape index (κ3) is 3.28. The molecule has 32 heavy (non-hydrogen) atoms. The molecular weight excluding hydrogens is 432 g/mol. The Balaban J connectivity index is 1.54. The summed E-state index contributed by atoms with van der Waals surface area (Å²) in [7, 11) is -4.00. The van der Waals surface area contributed by atoms with Crippen LogP contribution in [0, 0.1) is 6.92 Å². The molecule has 4 aromatic rings. The number of nitrogens with zero attached hydrogens (tertiary/aromatic N) is 3. The number of fused-ring (bicyclic) bond motifs is 1. The number of aromatic nitrogens is 3. The van der Waals surface area contributed by atoms with E-state index in [2.05, 4.69) is 9.71 Å². The monoisotopic (exact) mass is 452 g/mol. The van der Waals surface area contributed by atoms with Gasteiger partial charge in [0, 0.05) is 17.6 Å². The number of rotatable bonds is 5. The van der Waals surface area contributed by atoms with Crippen molar-refractivity contribution in [3.05, 3.63) is 70.8 Å². The van der Waals surface area contributed by atoms with Gasteiger partial charge in [0.05, 0.1) is 16.9 Å². The topological polar surface area (TPSA) is 126 Å². The number of anilines is 1. The minimum absolute atomic E-state index is 0.0259. The molecular formula is C22H20N4O5S. The van der Waals surface area contributed by atoms with Crippen LogP contribution in [0.5, 0.6) is 11.8 Å². The van der Waals surface area contributed by atoms with Crippen LogP contribution in [0.2, 0.25) is 0 Å². The van der Waals surface area contributed by atoms with E-state index >= 15 is 0 Å². The van der Waals surface area contributed by atoms with Crippen molar-refractivity contribution in [2.45, 2.75) is 30.7 Å². The minimum atomic E-state index is -4.00. The molecule has 10 heteroatoms. The standard InChI is InChI=1S/C22H20N4O5S/c1-13-10-14-4-2-7-18(19(14)23-12-13)32(30,31)24-15-5-3-6-17(11-15)26-21(28)20(27)25(22(26)29)16-8-9-16/h2-7,10-12,16,24,27-28H,8-9H2,1H3. The average molecular weight is 452 g/mol. The van der Waals surface area contributed by atoms with Crippen molar-refractivity contribution < 1.29 is 18.6 Å². The molecule has 0 aliphatic heterocycles. The summed E-state index contributed by atoms with van der Waals surface area (Å²) in [5.41, 5.74) is 1.09. The Morgan fingerprint density at radius 3 is 2.56 bits per heavy atom. The van der Waals surface area contributed by atoms with Crippen molar-refractivity contribution in [2.24, 2.45) is 0 Å². The fraction of sp³-hybridized carbons (Fsp3) is 0.182. The van der Waals surface area contributed by atoms with Crippen LogP contribution in [0.15, 0.2) is 64.4 Å². The van der Waals surface area contributed by atoms with E-state index in [1.807, 2.05) is 13.0 Å². The minimum Gasteiger partial charge on any atom is -0.491 e. The van der Waals surface area contributed by atoms with Crippen LogP contribution in [0.3, 0.4) is 0 Å². The van der Waals surface area contributed by atoms with Crippen molar-refractivity contribution in [3.8, 4) is 17.4 Å². The Morgan fingerprint density at radius 2 is 1.81 bits per heavy atom. The number of aryl methyl sites for hydroxylation is 1. The molecule has 3 N–H and O–H groups in total. The zero-order valence-corrected chi connectivity index (χ0v) is 17.9. The predicted octanol–water partition coefficient (Wildman–Crippen LogP) is 3.04. The number of sulfonamides is 1. The Bertz CT molecular complexity index is 1530. The molecule has 1 aliphatic carbocycles. The molecule has 2 heterocycles. The zero-order chi connectivity index (χ0) is 22.6. The molecule has 0 atom stereocenters. The first kappa shape index (κ1) is 20.1. The highest BCUT2D eigenvalue weighted by atomic mass is 32.2. The number of benzene rings is 2. The van der Waals surface area contributed by atoms with Gasteiger partial charge in [0.1, 0.15) is 4.90 Å². The first-order valence-corrected chi connectivity index (χ1v) is 11.5. The fourth-order valence-corrected chi connectivity index (χ4v) is 5.00. The van der Waals surface area contributed by atoms with Crippen LogP contribution in [0.1, 0.15) is 24.4 Å². The SMILES string of the molecule is Cc1cnc2c(S(=O)(=O)Nc3cccc(-n4c(O)c(O)n(C5CC5)c4=O)c3)cccc2c1. The summed E-state index contributed by atoms with van der Waals surface area (Å²) in [6.45, 7) is 1.88. The molecule has 1 aliphatic rings. The van der Waals surface area contributed by atoms with Gasteiger partial charge in [-0.25, -0.2) is 17.8 Å². The van der Waals surface area contributed by atoms with Crippen LogP contribution in [-0.2, 0) is 10.0 Å². The Labute approximate surface area is 183 Å². The zero-order valence-electron chi connectivity index (χ0n) is 17.1. The number of hydrogen-bond donors (Lipinski definition) is 3. The number of imidazole rings is 1. The van der Waals surface area contributed by atoms with Gasteiger partial charge in [-0.3, -0.25) is 14.3 Å². The first-order chi connectivity index (χ1) is 15.3. The van der Waals surface area contributed by atoms with Crippen molar-refractivity contribution in [3.63, 3.8) is 0 Å².